The van der Waals surface area contributed by atoms with Crippen molar-refractivity contribution >= 4 is 5.78 Å². The first-order valence-electron chi connectivity index (χ1n) is 5.28. The molecule has 0 radical (unpaired) electrons. The first kappa shape index (κ1) is 10.8. The van der Waals surface area contributed by atoms with Gasteiger partial charge in [-0.05, 0) is 12.3 Å². The molecule has 1 aromatic rings. The van der Waals surface area contributed by atoms with Gasteiger partial charge in [0.2, 0.25) is 0 Å². The molecular weight excluding hydrogens is 237 g/mol. The van der Waals surface area contributed by atoms with Gasteiger partial charge in [0.25, 0.3) is 0 Å². The number of Topliss-reactive ketones (excluding diaryl/α,β-unsaturated/α-hetero) is 1. The number of aromatic nitrogens is 2. The number of carbonyl (C=O) groups excluding carboxylic acids is 1. The number of alkyl halides is 3. The van der Waals surface area contributed by atoms with E-state index in [1.807, 2.05) is 0 Å². The first-order chi connectivity index (χ1) is 7.95. The number of hydrogen-bond acceptors (Lipinski definition) is 3. The van der Waals surface area contributed by atoms with Gasteiger partial charge in [0.15, 0.2) is 11.5 Å². The fraction of sp³-hybridized carbons (Fsp3) is 0.600. The van der Waals surface area contributed by atoms with Gasteiger partial charge in [-0.15, -0.1) is 0 Å². The van der Waals surface area contributed by atoms with Crippen molar-refractivity contribution in [2.24, 2.45) is 5.92 Å². The summed E-state index contributed by atoms with van der Waals surface area (Å²) in [6.07, 6.45) is -4.04. The van der Waals surface area contributed by atoms with Crippen LogP contribution >= 0.6 is 0 Å². The van der Waals surface area contributed by atoms with E-state index < -0.39 is 11.9 Å². The van der Waals surface area contributed by atoms with Crippen LogP contribution < -0.4 is 0 Å². The molecule has 1 saturated carbocycles. The second-order valence-electron chi connectivity index (χ2n) is 4.37. The Morgan fingerprint density at radius 2 is 2.12 bits per heavy atom. The lowest BCUT2D eigenvalue weighted by atomic mass is 10.1. The predicted octanol–water partition coefficient (Wildman–Crippen LogP) is 1.19. The van der Waals surface area contributed by atoms with Crippen molar-refractivity contribution < 1.29 is 23.1 Å². The van der Waals surface area contributed by atoms with Crippen molar-refractivity contribution in [1.29, 1.82) is 0 Å². The molecule has 0 bridgehead atoms. The summed E-state index contributed by atoms with van der Waals surface area (Å²) in [5.41, 5.74) is -0.868. The third-order valence-electron chi connectivity index (χ3n) is 3.30. The Kier molecular flexibility index (Phi) is 1.96. The first-order valence-corrected chi connectivity index (χ1v) is 5.28. The van der Waals surface area contributed by atoms with Crippen molar-refractivity contribution in [1.82, 2.24) is 9.78 Å². The van der Waals surface area contributed by atoms with Gasteiger partial charge in [-0.3, -0.25) is 9.48 Å². The van der Waals surface area contributed by atoms with Gasteiger partial charge in [-0.1, -0.05) is 0 Å². The Morgan fingerprint density at radius 1 is 1.41 bits per heavy atom. The van der Waals surface area contributed by atoms with Crippen LogP contribution in [0.5, 0.6) is 0 Å². The van der Waals surface area contributed by atoms with Crippen LogP contribution in [0.1, 0.15) is 34.1 Å². The Balaban J connectivity index is 2.17. The highest BCUT2D eigenvalue weighted by molar-refractivity contribution is 6.05. The fourth-order valence-corrected chi connectivity index (χ4v) is 2.53. The maximum absolute atomic E-state index is 12.8. The summed E-state index contributed by atoms with van der Waals surface area (Å²) < 4.78 is 39.3. The molecule has 2 aliphatic carbocycles. The minimum atomic E-state index is -4.54. The fourth-order valence-electron chi connectivity index (χ4n) is 2.53. The number of fused-ring (bicyclic) bond motifs is 3. The lowest BCUT2D eigenvalue weighted by Gasteiger charge is -2.03. The molecule has 0 spiro atoms. The molecule has 0 amide bonds. The molecule has 1 aromatic heterocycles. The van der Waals surface area contributed by atoms with Gasteiger partial charge in [0, 0.05) is 11.5 Å². The third kappa shape index (κ3) is 1.35. The maximum atomic E-state index is 12.8. The Bertz CT molecular complexity index is 506. The molecule has 3 rings (SSSR count). The van der Waals surface area contributed by atoms with Gasteiger partial charge in [0.1, 0.15) is 5.69 Å². The summed E-state index contributed by atoms with van der Waals surface area (Å²) in [6.45, 7) is -0.419. The molecule has 7 heteroatoms. The average molecular weight is 246 g/mol. The van der Waals surface area contributed by atoms with E-state index in [9.17, 15) is 18.0 Å². The highest BCUT2D eigenvalue weighted by atomic mass is 19.4. The quantitative estimate of drug-likeness (QED) is 0.852. The average Bonchev–Trinajstić information content (AvgIpc) is 2.84. The number of hydrogen-bond donors (Lipinski definition) is 1. The van der Waals surface area contributed by atoms with Gasteiger partial charge < -0.3 is 5.11 Å². The zero-order chi connectivity index (χ0) is 12.4. The number of aliphatic hydroxyl groups excluding tert-OH is 1. The summed E-state index contributed by atoms with van der Waals surface area (Å²) in [5, 5.41) is 12.2. The second kappa shape index (κ2) is 3.10. The van der Waals surface area contributed by atoms with Crippen molar-refractivity contribution in [3.8, 4) is 0 Å². The third-order valence-corrected chi connectivity index (χ3v) is 3.30. The van der Waals surface area contributed by atoms with Gasteiger partial charge in [0.05, 0.1) is 13.2 Å². The molecule has 0 aliphatic heterocycles. The van der Waals surface area contributed by atoms with Crippen molar-refractivity contribution in [3.05, 3.63) is 17.0 Å². The van der Waals surface area contributed by atoms with E-state index in [4.69, 9.17) is 5.11 Å². The van der Waals surface area contributed by atoms with Crippen LogP contribution in [0.3, 0.4) is 0 Å². The van der Waals surface area contributed by atoms with E-state index in [1.54, 1.807) is 0 Å². The van der Waals surface area contributed by atoms with E-state index in [1.165, 1.54) is 0 Å². The van der Waals surface area contributed by atoms with Crippen LogP contribution in [0, 0.1) is 5.92 Å². The number of nitrogens with zero attached hydrogens (tertiary/aromatic N) is 2. The largest absolute Gasteiger partial charge is 0.435 e. The van der Waals surface area contributed by atoms with E-state index in [0.717, 1.165) is 4.68 Å². The van der Waals surface area contributed by atoms with Gasteiger partial charge in [-0.2, -0.15) is 18.3 Å². The van der Waals surface area contributed by atoms with E-state index in [0.29, 0.717) is 6.42 Å². The minimum Gasteiger partial charge on any atom is -0.394 e. The summed E-state index contributed by atoms with van der Waals surface area (Å²) in [7, 11) is 0. The highest BCUT2D eigenvalue weighted by Crippen LogP contribution is 2.58. The molecule has 1 N–H and O–H groups in total. The van der Waals surface area contributed by atoms with Crippen LogP contribution in [0.15, 0.2) is 0 Å². The molecule has 17 heavy (non-hydrogen) atoms. The molecule has 0 aromatic carbocycles. The number of rotatable bonds is 2. The zero-order valence-corrected chi connectivity index (χ0v) is 8.66. The van der Waals surface area contributed by atoms with Crippen LogP contribution in [-0.2, 0) is 12.7 Å². The highest BCUT2D eigenvalue weighted by Gasteiger charge is 2.58. The molecule has 1 fully saturated rings. The van der Waals surface area contributed by atoms with Crippen molar-refractivity contribution in [2.75, 3.05) is 6.61 Å². The molecule has 2 unspecified atom stereocenters. The maximum Gasteiger partial charge on any atom is 0.435 e. The molecule has 2 atom stereocenters. The van der Waals surface area contributed by atoms with E-state index >= 15 is 0 Å². The monoisotopic (exact) mass is 246 g/mol. The lowest BCUT2D eigenvalue weighted by Crippen LogP contribution is -2.14. The smallest absolute Gasteiger partial charge is 0.394 e. The summed E-state index contributed by atoms with van der Waals surface area (Å²) >= 11 is 0. The Labute approximate surface area is 94.0 Å². The molecule has 4 nitrogen and oxygen atoms in total. The normalized spacial score (nSPS) is 26.0. The molecule has 1 heterocycles. The van der Waals surface area contributed by atoms with Crippen LogP contribution in [0.4, 0.5) is 13.2 Å². The number of aliphatic hydroxyl groups is 1. The summed E-state index contributed by atoms with van der Waals surface area (Å²) in [6, 6.07) is 0. The summed E-state index contributed by atoms with van der Waals surface area (Å²) in [5.74, 6) is -0.850. The number of ketones is 1. The van der Waals surface area contributed by atoms with Gasteiger partial charge >= 0.3 is 6.18 Å². The van der Waals surface area contributed by atoms with Crippen LogP contribution in [-0.4, -0.2) is 27.3 Å². The van der Waals surface area contributed by atoms with Crippen molar-refractivity contribution in [3.63, 3.8) is 0 Å². The van der Waals surface area contributed by atoms with E-state index in [2.05, 4.69) is 5.10 Å². The predicted molar refractivity (Wildman–Crippen MR) is 49.5 cm³/mol. The lowest BCUT2D eigenvalue weighted by molar-refractivity contribution is -0.142. The second-order valence-corrected chi connectivity index (χ2v) is 4.37. The van der Waals surface area contributed by atoms with Crippen LogP contribution in [0.2, 0.25) is 0 Å². The Morgan fingerprint density at radius 3 is 2.71 bits per heavy atom. The number of halogens is 3. The molecule has 2 aliphatic rings. The van der Waals surface area contributed by atoms with Crippen molar-refractivity contribution in [2.45, 2.75) is 25.1 Å². The number of carbonyl (C=O) groups is 1. The van der Waals surface area contributed by atoms with Gasteiger partial charge in [-0.25, -0.2) is 0 Å². The summed E-state index contributed by atoms with van der Waals surface area (Å²) in [4.78, 5) is 11.8. The van der Waals surface area contributed by atoms with Crippen LogP contribution in [0.25, 0.3) is 0 Å². The van der Waals surface area contributed by atoms with E-state index in [-0.39, 0.29) is 42.0 Å². The standard InChI is InChI=1S/C10H9F3N2O2/c11-10(12,13)9-6-4-3-5(4)8(17)7(6)15(14-9)1-2-16/h4-5,16H,1-3H2. The zero-order valence-electron chi connectivity index (χ0n) is 8.66. The topological polar surface area (TPSA) is 55.1 Å². The SMILES string of the molecule is O=C1c2c(c(C(F)(F)F)nn2CCO)C2CC12. The molecule has 92 valence electrons. The molecule has 0 saturated heterocycles. The Hall–Kier alpha value is -1.37. The molecular formula is C10H9F3N2O2. The minimum absolute atomic E-state index is 0.0425.